The maximum Gasteiger partial charge on any atom is 0.254 e. The molecule has 0 bridgehead atoms. The van der Waals surface area contributed by atoms with Crippen molar-refractivity contribution in [1.82, 2.24) is 10.6 Å². The molecule has 0 saturated carbocycles. The summed E-state index contributed by atoms with van der Waals surface area (Å²) in [7, 11) is 4.68. The quantitative estimate of drug-likeness (QED) is 0.671. The Morgan fingerprint density at radius 3 is 2.35 bits per heavy atom. The third kappa shape index (κ3) is 4.64. The van der Waals surface area contributed by atoms with Crippen molar-refractivity contribution in [3.63, 3.8) is 0 Å². The molecule has 0 aliphatic carbocycles. The first kappa shape index (κ1) is 19.5. The molecular formula is C19H23FN2O4. The van der Waals surface area contributed by atoms with E-state index in [9.17, 15) is 9.18 Å². The van der Waals surface area contributed by atoms with E-state index in [1.807, 2.05) is 6.07 Å². The smallest absolute Gasteiger partial charge is 0.254 e. The first-order valence-electron chi connectivity index (χ1n) is 8.13. The number of amides is 1. The molecule has 0 atom stereocenters. The molecule has 2 N–H and O–H groups in total. The van der Waals surface area contributed by atoms with Crippen LogP contribution < -0.4 is 24.8 Å². The Bertz CT molecular complexity index is 752. The third-order valence-corrected chi connectivity index (χ3v) is 3.81. The van der Waals surface area contributed by atoms with E-state index in [4.69, 9.17) is 14.2 Å². The third-order valence-electron chi connectivity index (χ3n) is 3.81. The number of benzene rings is 2. The van der Waals surface area contributed by atoms with Crippen LogP contribution in [0.5, 0.6) is 17.2 Å². The first-order chi connectivity index (χ1) is 12.6. The molecule has 2 aromatic carbocycles. The van der Waals surface area contributed by atoms with Gasteiger partial charge in [-0.15, -0.1) is 0 Å². The molecule has 0 aromatic heterocycles. The van der Waals surface area contributed by atoms with Gasteiger partial charge in [0, 0.05) is 25.2 Å². The van der Waals surface area contributed by atoms with Gasteiger partial charge < -0.3 is 24.8 Å². The fraction of sp³-hybridized carbons (Fsp3) is 0.316. The van der Waals surface area contributed by atoms with E-state index in [1.165, 1.54) is 12.1 Å². The van der Waals surface area contributed by atoms with Crippen molar-refractivity contribution >= 4 is 5.91 Å². The van der Waals surface area contributed by atoms with Crippen molar-refractivity contribution in [2.24, 2.45) is 0 Å². The summed E-state index contributed by atoms with van der Waals surface area (Å²) in [6.45, 7) is 1.39. The molecule has 0 radical (unpaired) electrons. The van der Waals surface area contributed by atoms with Crippen LogP contribution in [0.15, 0.2) is 36.4 Å². The Kier molecular flexibility index (Phi) is 7.23. The first-order valence-corrected chi connectivity index (χ1v) is 8.13. The van der Waals surface area contributed by atoms with Gasteiger partial charge in [-0.25, -0.2) is 4.39 Å². The van der Waals surface area contributed by atoms with Crippen LogP contribution in [0.4, 0.5) is 4.39 Å². The van der Waals surface area contributed by atoms with Crippen molar-refractivity contribution in [2.45, 2.75) is 6.54 Å². The zero-order valence-electron chi connectivity index (χ0n) is 15.1. The molecule has 6 nitrogen and oxygen atoms in total. The summed E-state index contributed by atoms with van der Waals surface area (Å²) < 4.78 is 29.6. The molecule has 1 amide bonds. The van der Waals surface area contributed by atoms with Crippen LogP contribution in [0.3, 0.4) is 0 Å². The molecule has 2 aromatic rings. The summed E-state index contributed by atoms with van der Waals surface area (Å²) in [5.41, 5.74) is 0.930. The van der Waals surface area contributed by atoms with Gasteiger partial charge >= 0.3 is 0 Å². The predicted molar refractivity (Wildman–Crippen MR) is 96.5 cm³/mol. The van der Waals surface area contributed by atoms with Gasteiger partial charge in [-0.1, -0.05) is 18.2 Å². The minimum atomic E-state index is -0.534. The SMILES string of the molecule is COc1ccc(CNCCNC(=O)c2ccccc2F)c(OC)c1OC. The lowest BCUT2D eigenvalue weighted by atomic mass is 10.1. The average Bonchev–Trinajstić information content (AvgIpc) is 2.67. The van der Waals surface area contributed by atoms with E-state index in [0.29, 0.717) is 36.9 Å². The second-order valence-corrected chi connectivity index (χ2v) is 5.41. The molecule has 0 saturated heterocycles. The maximum atomic E-state index is 13.5. The molecule has 140 valence electrons. The second-order valence-electron chi connectivity index (χ2n) is 5.41. The van der Waals surface area contributed by atoms with Gasteiger partial charge in [0.05, 0.1) is 26.9 Å². The number of halogens is 1. The predicted octanol–water partition coefficient (Wildman–Crippen LogP) is 2.37. The van der Waals surface area contributed by atoms with E-state index in [-0.39, 0.29) is 5.56 Å². The molecule has 26 heavy (non-hydrogen) atoms. The molecule has 7 heteroatoms. The summed E-state index contributed by atoms with van der Waals surface area (Å²) in [6, 6.07) is 9.57. The van der Waals surface area contributed by atoms with Gasteiger partial charge in [0.15, 0.2) is 11.5 Å². The van der Waals surface area contributed by atoms with Crippen molar-refractivity contribution in [2.75, 3.05) is 34.4 Å². The standard InChI is InChI=1S/C19H23FN2O4/c1-24-16-9-8-13(17(25-2)18(16)26-3)12-21-10-11-22-19(23)14-6-4-5-7-15(14)20/h4-9,21H,10-12H2,1-3H3,(H,22,23). The number of hydrogen-bond donors (Lipinski definition) is 2. The van der Waals surface area contributed by atoms with E-state index in [2.05, 4.69) is 10.6 Å². The van der Waals surface area contributed by atoms with Gasteiger partial charge in [-0.2, -0.15) is 0 Å². The monoisotopic (exact) mass is 362 g/mol. The highest BCUT2D eigenvalue weighted by Crippen LogP contribution is 2.39. The lowest BCUT2D eigenvalue weighted by molar-refractivity contribution is 0.0950. The summed E-state index contributed by atoms with van der Waals surface area (Å²) in [6.07, 6.45) is 0. The molecule has 0 aliphatic rings. The number of nitrogens with one attached hydrogen (secondary N) is 2. The molecule has 0 fully saturated rings. The fourth-order valence-electron chi connectivity index (χ4n) is 2.53. The van der Waals surface area contributed by atoms with Crippen molar-refractivity contribution in [1.29, 1.82) is 0 Å². The highest BCUT2D eigenvalue weighted by atomic mass is 19.1. The number of hydrogen-bond acceptors (Lipinski definition) is 5. The van der Waals surface area contributed by atoms with E-state index < -0.39 is 11.7 Å². The molecule has 0 aliphatic heterocycles. The Morgan fingerprint density at radius 2 is 1.69 bits per heavy atom. The molecule has 2 rings (SSSR count). The maximum absolute atomic E-state index is 13.5. The van der Waals surface area contributed by atoms with Crippen LogP contribution in [-0.2, 0) is 6.54 Å². The number of ether oxygens (including phenoxy) is 3. The van der Waals surface area contributed by atoms with Gasteiger partial charge in [-0.3, -0.25) is 4.79 Å². The normalized spacial score (nSPS) is 10.3. The Balaban J connectivity index is 1.87. The van der Waals surface area contributed by atoms with E-state index in [0.717, 1.165) is 5.56 Å². The van der Waals surface area contributed by atoms with Gasteiger partial charge in [-0.05, 0) is 18.2 Å². The van der Waals surface area contributed by atoms with E-state index >= 15 is 0 Å². The number of carbonyl (C=O) groups is 1. The highest BCUT2D eigenvalue weighted by Gasteiger charge is 2.15. The zero-order valence-corrected chi connectivity index (χ0v) is 15.1. The molecule has 0 unspecified atom stereocenters. The van der Waals surface area contributed by atoms with Crippen molar-refractivity contribution in [3.05, 3.63) is 53.3 Å². The van der Waals surface area contributed by atoms with Crippen molar-refractivity contribution in [3.8, 4) is 17.2 Å². The Morgan fingerprint density at radius 1 is 0.962 bits per heavy atom. The van der Waals surface area contributed by atoms with Crippen LogP contribution >= 0.6 is 0 Å². The summed E-state index contributed by atoms with van der Waals surface area (Å²) >= 11 is 0. The van der Waals surface area contributed by atoms with Gasteiger partial charge in [0.2, 0.25) is 5.75 Å². The van der Waals surface area contributed by atoms with Crippen LogP contribution in [0.25, 0.3) is 0 Å². The topological polar surface area (TPSA) is 68.8 Å². The molecule has 0 heterocycles. The summed E-state index contributed by atoms with van der Waals surface area (Å²) in [5.74, 6) is 0.740. The minimum Gasteiger partial charge on any atom is -0.493 e. The summed E-state index contributed by atoms with van der Waals surface area (Å²) in [5, 5.41) is 5.88. The van der Waals surface area contributed by atoms with Crippen LogP contribution in [-0.4, -0.2) is 40.3 Å². The zero-order chi connectivity index (χ0) is 18.9. The number of methoxy groups -OCH3 is 3. The second kappa shape index (κ2) is 9.62. The lowest BCUT2D eigenvalue weighted by Crippen LogP contribution is -2.32. The largest absolute Gasteiger partial charge is 0.493 e. The fourth-order valence-corrected chi connectivity index (χ4v) is 2.53. The average molecular weight is 362 g/mol. The summed E-state index contributed by atoms with van der Waals surface area (Å²) in [4.78, 5) is 11.9. The number of rotatable bonds is 9. The molecular weight excluding hydrogens is 339 g/mol. The van der Waals surface area contributed by atoms with Crippen LogP contribution in [0.1, 0.15) is 15.9 Å². The van der Waals surface area contributed by atoms with Crippen LogP contribution in [0.2, 0.25) is 0 Å². The van der Waals surface area contributed by atoms with Crippen molar-refractivity contribution < 1.29 is 23.4 Å². The Hall–Kier alpha value is -2.80. The number of carbonyl (C=O) groups excluding carboxylic acids is 1. The van der Waals surface area contributed by atoms with E-state index in [1.54, 1.807) is 39.5 Å². The minimum absolute atomic E-state index is 0.0362. The van der Waals surface area contributed by atoms with Gasteiger partial charge in [0.1, 0.15) is 5.82 Å². The molecule has 0 spiro atoms. The highest BCUT2D eigenvalue weighted by molar-refractivity contribution is 5.94. The van der Waals surface area contributed by atoms with Gasteiger partial charge in [0.25, 0.3) is 5.91 Å². The van der Waals surface area contributed by atoms with Crippen LogP contribution in [0, 0.1) is 5.82 Å². The lowest BCUT2D eigenvalue weighted by Gasteiger charge is -2.16. The Labute approximate surface area is 152 Å².